The molecule has 1 spiro atoms. The van der Waals surface area contributed by atoms with Crippen LogP contribution in [0.25, 0.3) is 0 Å². The summed E-state index contributed by atoms with van der Waals surface area (Å²) in [5.41, 5.74) is -0.0251. The summed E-state index contributed by atoms with van der Waals surface area (Å²) in [5, 5.41) is 13.1. The third-order valence-electron chi connectivity index (χ3n) is 5.97. The van der Waals surface area contributed by atoms with Crippen molar-refractivity contribution in [1.29, 1.82) is 0 Å². The Morgan fingerprint density at radius 1 is 1.44 bits per heavy atom. The fourth-order valence-electron chi connectivity index (χ4n) is 4.23. The fourth-order valence-corrected chi connectivity index (χ4v) is 4.23. The fraction of sp³-hybridized carbons (Fsp3) is 0.529. The van der Waals surface area contributed by atoms with Crippen molar-refractivity contribution in [3.8, 4) is 0 Å². The highest BCUT2D eigenvalue weighted by Crippen LogP contribution is 2.44. The number of nitrogens with zero attached hydrogens (tertiary/aromatic N) is 4. The molecule has 10 nitrogen and oxygen atoms in total. The number of pyridine rings is 1. The lowest BCUT2D eigenvalue weighted by atomic mass is 9.95. The van der Waals surface area contributed by atoms with Crippen LogP contribution in [-0.2, 0) is 4.84 Å². The number of hydrogen-bond donors (Lipinski definition) is 2. The van der Waals surface area contributed by atoms with E-state index in [4.69, 9.17) is 10.0 Å². The van der Waals surface area contributed by atoms with Gasteiger partial charge in [0.05, 0.1) is 0 Å². The Kier molecular flexibility index (Phi) is 3.77. The second-order valence-electron chi connectivity index (χ2n) is 7.28. The van der Waals surface area contributed by atoms with Crippen LogP contribution in [0.2, 0.25) is 0 Å². The van der Waals surface area contributed by atoms with Crippen LogP contribution in [-0.4, -0.2) is 62.6 Å². The zero-order valence-corrected chi connectivity index (χ0v) is 15.3. The second kappa shape index (κ2) is 5.81. The van der Waals surface area contributed by atoms with Gasteiger partial charge in [0.1, 0.15) is 23.1 Å². The third-order valence-corrected chi connectivity index (χ3v) is 5.97. The summed E-state index contributed by atoms with van der Waals surface area (Å²) in [6, 6.07) is 0.745. The van der Waals surface area contributed by atoms with Crippen molar-refractivity contribution in [2.45, 2.75) is 44.5 Å². The Morgan fingerprint density at radius 3 is 2.81 bits per heavy atom. The second-order valence-corrected chi connectivity index (χ2v) is 7.28. The van der Waals surface area contributed by atoms with Crippen molar-refractivity contribution in [1.82, 2.24) is 19.8 Å². The predicted octanol–water partition coefficient (Wildman–Crippen LogP) is 0.138. The molecule has 3 aliphatic rings. The first kappa shape index (κ1) is 17.5. The molecule has 2 bridgehead atoms. The van der Waals surface area contributed by atoms with Gasteiger partial charge in [0.2, 0.25) is 5.72 Å². The first-order chi connectivity index (χ1) is 12.8. The Balaban J connectivity index is 1.94. The van der Waals surface area contributed by atoms with E-state index in [1.54, 1.807) is 9.47 Å². The number of hydrogen-bond acceptors (Lipinski definition) is 7. The maximum atomic E-state index is 13.0. The van der Waals surface area contributed by atoms with Crippen LogP contribution < -0.4 is 10.9 Å². The normalized spacial score (nSPS) is 29.2. The molecule has 144 valence electrons. The Hall–Kier alpha value is -2.88. The zero-order chi connectivity index (χ0) is 19.5. The number of amidine groups is 1. The number of rotatable bonds is 1. The summed E-state index contributed by atoms with van der Waals surface area (Å²) >= 11 is 0. The van der Waals surface area contributed by atoms with E-state index in [1.165, 1.54) is 11.7 Å². The van der Waals surface area contributed by atoms with Crippen molar-refractivity contribution in [3.05, 3.63) is 33.7 Å². The SMILES string of the molecule is CC1=NOC2(CCC(C)N3CC2n2cc(C(=O)NO)c(=O)cc2C3=O)N1C. The Labute approximate surface area is 154 Å². The van der Waals surface area contributed by atoms with Crippen LogP contribution >= 0.6 is 0 Å². The van der Waals surface area contributed by atoms with Gasteiger partial charge in [0, 0.05) is 38.3 Å². The monoisotopic (exact) mass is 375 g/mol. The van der Waals surface area contributed by atoms with Crippen molar-refractivity contribution < 1.29 is 19.6 Å². The van der Waals surface area contributed by atoms with Gasteiger partial charge in [-0.05, 0) is 20.3 Å². The number of fused-ring (bicyclic) bond motifs is 5. The van der Waals surface area contributed by atoms with Gasteiger partial charge in [0.15, 0.2) is 5.43 Å². The van der Waals surface area contributed by atoms with Gasteiger partial charge < -0.3 is 19.2 Å². The number of carbonyl (C=O) groups excluding carboxylic acids is 2. The molecule has 0 aromatic carbocycles. The molecule has 2 amide bonds. The molecule has 3 unspecified atom stereocenters. The van der Waals surface area contributed by atoms with Gasteiger partial charge in [0.25, 0.3) is 11.8 Å². The summed E-state index contributed by atoms with van der Waals surface area (Å²) in [4.78, 5) is 46.8. The van der Waals surface area contributed by atoms with Crippen molar-refractivity contribution in [3.63, 3.8) is 0 Å². The van der Waals surface area contributed by atoms with Crippen molar-refractivity contribution >= 4 is 17.6 Å². The van der Waals surface area contributed by atoms with E-state index < -0.39 is 17.1 Å². The van der Waals surface area contributed by atoms with E-state index in [0.29, 0.717) is 25.2 Å². The summed E-state index contributed by atoms with van der Waals surface area (Å²) in [6.45, 7) is 4.17. The number of amides is 2. The average molecular weight is 375 g/mol. The molecular formula is C17H21N5O5. The number of hydroxylamine groups is 1. The molecule has 10 heteroatoms. The summed E-state index contributed by atoms with van der Waals surface area (Å²) in [5.74, 6) is -0.472. The minimum atomic E-state index is -0.922. The van der Waals surface area contributed by atoms with Gasteiger partial charge >= 0.3 is 0 Å². The largest absolute Gasteiger partial charge is 0.363 e. The molecule has 0 aliphatic carbocycles. The first-order valence-corrected chi connectivity index (χ1v) is 8.78. The number of nitrogens with one attached hydrogen (secondary N) is 1. The molecule has 0 radical (unpaired) electrons. The lowest BCUT2D eigenvalue weighted by molar-refractivity contribution is -0.131. The number of carbonyl (C=O) groups is 2. The Bertz CT molecular complexity index is 925. The van der Waals surface area contributed by atoms with Gasteiger partial charge in [-0.15, -0.1) is 0 Å². The highest BCUT2D eigenvalue weighted by atomic mass is 16.7. The molecule has 3 aliphatic heterocycles. The van der Waals surface area contributed by atoms with Crippen LogP contribution in [0.4, 0.5) is 0 Å². The average Bonchev–Trinajstić information content (AvgIpc) is 2.87. The third kappa shape index (κ3) is 2.29. The molecule has 1 fully saturated rings. The molecule has 4 heterocycles. The van der Waals surface area contributed by atoms with Crippen molar-refractivity contribution in [2.24, 2.45) is 5.16 Å². The molecule has 2 N–H and O–H groups in total. The lowest BCUT2D eigenvalue weighted by Crippen LogP contribution is -2.57. The molecule has 4 rings (SSSR count). The molecule has 1 aromatic rings. The highest BCUT2D eigenvalue weighted by Gasteiger charge is 2.55. The minimum absolute atomic E-state index is 0.0263. The van der Waals surface area contributed by atoms with Gasteiger partial charge in [-0.2, -0.15) is 0 Å². The molecule has 3 atom stereocenters. The van der Waals surface area contributed by atoms with Crippen LogP contribution in [0, 0.1) is 0 Å². The highest BCUT2D eigenvalue weighted by molar-refractivity contribution is 5.96. The van der Waals surface area contributed by atoms with Gasteiger partial charge in [-0.1, -0.05) is 5.16 Å². The quantitative estimate of drug-likeness (QED) is 0.533. The molecular weight excluding hydrogens is 354 g/mol. The molecule has 1 aromatic heterocycles. The minimum Gasteiger partial charge on any atom is -0.363 e. The van der Waals surface area contributed by atoms with E-state index in [0.717, 1.165) is 6.07 Å². The first-order valence-electron chi connectivity index (χ1n) is 8.78. The lowest BCUT2D eigenvalue weighted by Gasteiger charge is -2.44. The molecule has 1 saturated heterocycles. The van der Waals surface area contributed by atoms with E-state index in [1.807, 2.05) is 25.8 Å². The van der Waals surface area contributed by atoms with E-state index in [-0.39, 0.29) is 29.2 Å². The summed E-state index contributed by atoms with van der Waals surface area (Å²) in [6.07, 6.45) is 2.65. The van der Waals surface area contributed by atoms with Gasteiger partial charge in [-0.25, -0.2) is 5.48 Å². The summed E-state index contributed by atoms with van der Waals surface area (Å²) in [7, 11) is 1.88. The number of aromatic nitrogens is 1. The molecule has 27 heavy (non-hydrogen) atoms. The van der Waals surface area contributed by atoms with Crippen LogP contribution in [0.15, 0.2) is 22.2 Å². The van der Waals surface area contributed by atoms with E-state index >= 15 is 0 Å². The maximum absolute atomic E-state index is 13.0. The summed E-state index contributed by atoms with van der Waals surface area (Å²) < 4.78 is 1.62. The number of oxime groups is 1. The molecule has 0 saturated carbocycles. The van der Waals surface area contributed by atoms with Crippen LogP contribution in [0.1, 0.15) is 53.6 Å². The topological polar surface area (TPSA) is 116 Å². The smallest absolute Gasteiger partial charge is 0.280 e. The van der Waals surface area contributed by atoms with Crippen molar-refractivity contribution in [2.75, 3.05) is 13.6 Å². The van der Waals surface area contributed by atoms with E-state index in [9.17, 15) is 14.4 Å². The predicted molar refractivity (Wildman–Crippen MR) is 93.4 cm³/mol. The maximum Gasteiger partial charge on any atom is 0.280 e. The standard InChI is InChI=1S/C17H21N5O5/c1-9-4-5-17(20(3)10(2)19-27-17)14-8-21(9)16(25)12-6-13(23)11(7-22(12)14)15(24)18-26/h6-7,9,14,26H,4-5,8H2,1-3H3,(H,18,24). The van der Waals surface area contributed by atoms with Crippen LogP contribution in [0.5, 0.6) is 0 Å². The zero-order valence-electron chi connectivity index (χ0n) is 15.3. The van der Waals surface area contributed by atoms with Gasteiger partial charge in [-0.3, -0.25) is 19.6 Å². The van der Waals surface area contributed by atoms with Crippen LogP contribution in [0.3, 0.4) is 0 Å². The van der Waals surface area contributed by atoms with E-state index in [2.05, 4.69) is 5.16 Å². The number of likely N-dealkylation sites (N-methyl/N-ethyl adjacent to an activating group) is 1. The Morgan fingerprint density at radius 2 is 2.19 bits per heavy atom.